The first-order valence-electron chi connectivity index (χ1n) is 7.97. The van der Waals surface area contributed by atoms with Crippen LogP contribution in [0, 0.1) is 25.2 Å². The molecule has 1 amide bonds. The number of pyridine rings is 1. The van der Waals surface area contributed by atoms with E-state index in [1.54, 1.807) is 24.3 Å². The van der Waals surface area contributed by atoms with Gasteiger partial charge in [0, 0.05) is 16.1 Å². The highest BCUT2D eigenvalue weighted by Gasteiger charge is 2.12. The highest BCUT2D eigenvalue weighted by Crippen LogP contribution is 2.27. The van der Waals surface area contributed by atoms with Gasteiger partial charge in [-0.3, -0.25) is 4.79 Å². The summed E-state index contributed by atoms with van der Waals surface area (Å²) in [4.78, 5) is 16.8. The maximum Gasteiger partial charge on any atom is 0.234 e. The average molecular weight is 382 g/mol. The topological polar surface area (TPSA) is 65.8 Å². The van der Waals surface area contributed by atoms with Gasteiger partial charge in [-0.15, -0.1) is 0 Å². The molecule has 0 saturated heterocycles. The molecule has 1 heterocycles. The first kappa shape index (κ1) is 18.2. The molecular formula is C20H16ClN3OS. The smallest absolute Gasteiger partial charge is 0.234 e. The van der Waals surface area contributed by atoms with Gasteiger partial charge >= 0.3 is 0 Å². The number of rotatable bonds is 4. The van der Waals surface area contributed by atoms with Crippen LogP contribution < -0.4 is 5.32 Å². The van der Waals surface area contributed by atoms with Gasteiger partial charge in [0.1, 0.15) is 11.1 Å². The zero-order chi connectivity index (χ0) is 18.7. The second-order valence-corrected chi connectivity index (χ2v) is 7.28. The first-order chi connectivity index (χ1) is 12.5. The summed E-state index contributed by atoms with van der Waals surface area (Å²) in [5, 5.41) is 14.3. The van der Waals surface area contributed by atoms with Crippen molar-refractivity contribution < 1.29 is 4.79 Å². The molecule has 0 spiro atoms. The number of carbonyl (C=O) groups is 1. The maximum absolute atomic E-state index is 12.2. The third kappa shape index (κ3) is 3.98. The van der Waals surface area contributed by atoms with E-state index in [4.69, 9.17) is 11.6 Å². The third-order valence-electron chi connectivity index (χ3n) is 4.07. The Kier molecular flexibility index (Phi) is 5.46. The molecule has 0 aliphatic carbocycles. The zero-order valence-electron chi connectivity index (χ0n) is 14.3. The molecule has 0 saturated carbocycles. The maximum atomic E-state index is 12.2. The van der Waals surface area contributed by atoms with Crippen LogP contribution in [0.3, 0.4) is 0 Å². The van der Waals surface area contributed by atoms with Crippen LogP contribution in [0.1, 0.15) is 16.7 Å². The van der Waals surface area contributed by atoms with Crippen LogP contribution >= 0.6 is 23.4 Å². The van der Waals surface area contributed by atoms with E-state index in [1.807, 2.05) is 32.0 Å². The predicted molar refractivity (Wildman–Crippen MR) is 107 cm³/mol. The number of aromatic nitrogens is 1. The van der Waals surface area contributed by atoms with Crippen molar-refractivity contribution in [2.45, 2.75) is 18.9 Å². The normalized spacial score (nSPS) is 10.5. The number of aryl methyl sites for hydroxylation is 2. The van der Waals surface area contributed by atoms with Gasteiger partial charge in [0.2, 0.25) is 5.91 Å². The molecule has 0 bridgehead atoms. The molecule has 1 N–H and O–H groups in total. The van der Waals surface area contributed by atoms with Crippen molar-refractivity contribution in [1.82, 2.24) is 4.98 Å². The van der Waals surface area contributed by atoms with E-state index in [2.05, 4.69) is 16.4 Å². The number of nitriles is 1. The largest absolute Gasteiger partial charge is 0.325 e. The van der Waals surface area contributed by atoms with Gasteiger partial charge in [-0.1, -0.05) is 35.5 Å². The number of hydrogen-bond donors (Lipinski definition) is 1. The number of thioether (sulfide) groups is 1. The summed E-state index contributed by atoms with van der Waals surface area (Å²) < 4.78 is 0. The summed E-state index contributed by atoms with van der Waals surface area (Å²) >= 11 is 7.10. The molecule has 0 unspecified atom stereocenters. The molecule has 26 heavy (non-hydrogen) atoms. The van der Waals surface area contributed by atoms with Crippen LogP contribution in [0.4, 0.5) is 5.69 Å². The number of anilines is 1. The molecule has 1 aromatic heterocycles. The Labute approximate surface area is 161 Å². The number of hydrogen-bond acceptors (Lipinski definition) is 4. The molecule has 0 aliphatic rings. The monoisotopic (exact) mass is 381 g/mol. The van der Waals surface area contributed by atoms with Crippen molar-refractivity contribution in [1.29, 1.82) is 5.26 Å². The highest BCUT2D eigenvalue weighted by molar-refractivity contribution is 8.00. The molecule has 130 valence electrons. The Bertz CT molecular complexity index is 1030. The van der Waals surface area contributed by atoms with Gasteiger partial charge in [-0.25, -0.2) is 4.98 Å². The van der Waals surface area contributed by atoms with Crippen LogP contribution in [0.2, 0.25) is 5.02 Å². The van der Waals surface area contributed by atoms with E-state index in [0.717, 1.165) is 22.0 Å². The van der Waals surface area contributed by atoms with E-state index < -0.39 is 0 Å². The minimum atomic E-state index is -0.163. The summed E-state index contributed by atoms with van der Waals surface area (Å²) in [6.45, 7) is 4.04. The standard InChI is InChI=1S/C20H16ClN3OS/c1-12-3-4-14-9-15(10-22)20(24-19(14)13(12)2)26-11-18(25)23-17-7-5-16(21)6-8-17/h3-9H,11H2,1-2H3,(H,23,25). The minimum absolute atomic E-state index is 0.163. The lowest BCUT2D eigenvalue weighted by Crippen LogP contribution is -2.14. The van der Waals surface area contributed by atoms with Crippen LogP contribution in [0.15, 0.2) is 47.5 Å². The predicted octanol–water partition coefficient (Wildman–Crippen LogP) is 5.11. The zero-order valence-corrected chi connectivity index (χ0v) is 15.9. The van der Waals surface area contributed by atoms with Crippen molar-refractivity contribution in [3.05, 3.63) is 64.2 Å². The number of amides is 1. The summed E-state index contributed by atoms with van der Waals surface area (Å²) in [5.74, 6) is 0.00444. The molecule has 3 rings (SSSR count). The van der Waals surface area contributed by atoms with E-state index in [0.29, 0.717) is 21.3 Å². The molecular weight excluding hydrogens is 366 g/mol. The van der Waals surface area contributed by atoms with Crippen molar-refractivity contribution in [3.63, 3.8) is 0 Å². The van der Waals surface area contributed by atoms with Gasteiger partial charge in [0.25, 0.3) is 0 Å². The van der Waals surface area contributed by atoms with Crippen LogP contribution in [0.5, 0.6) is 0 Å². The van der Waals surface area contributed by atoms with Crippen molar-refractivity contribution >= 4 is 45.9 Å². The van der Waals surface area contributed by atoms with Gasteiger partial charge in [-0.05, 0) is 55.3 Å². The Hall–Kier alpha value is -2.55. The quantitative estimate of drug-likeness (QED) is 0.638. The fourth-order valence-electron chi connectivity index (χ4n) is 2.52. The summed E-state index contributed by atoms with van der Waals surface area (Å²) in [6, 6.07) is 14.9. The Morgan fingerprint density at radius 1 is 1.23 bits per heavy atom. The van der Waals surface area contributed by atoms with Crippen LogP contribution in [-0.2, 0) is 4.79 Å². The molecule has 4 nitrogen and oxygen atoms in total. The molecule has 0 radical (unpaired) electrons. The number of nitrogens with one attached hydrogen (secondary N) is 1. The molecule has 3 aromatic rings. The molecule has 0 atom stereocenters. The van der Waals surface area contributed by atoms with Gasteiger partial charge in [0.05, 0.1) is 16.8 Å². The Morgan fingerprint density at radius 2 is 1.96 bits per heavy atom. The van der Waals surface area contributed by atoms with Gasteiger partial charge in [-0.2, -0.15) is 5.26 Å². The Balaban J connectivity index is 1.79. The molecule has 6 heteroatoms. The van der Waals surface area contributed by atoms with E-state index in [1.165, 1.54) is 11.8 Å². The number of nitrogens with zero attached hydrogens (tertiary/aromatic N) is 2. The first-order valence-corrected chi connectivity index (χ1v) is 9.33. The number of carbonyl (C=O) groups excluding carboxylic acids is 1. The third-order valence-corrected chi connectivity index (χ3v) is 5.31. The summed E-state index contributed by atoms with van der Waals surface area (Å²) in [6.07, 6.45) is 0. The number of fused-ring (bicyclic) bond motifs is 1. The second-order valence-electron chi connectivity index (χ2n) is 5.88. The highest BCUT2D eigenvalue weighted by atomic mass is 35.5. The fourth-order valence-corrected chi connectivity index (χ4v) is 3.40. The van der Waals surface area contributed by atoms with Crippen molar-refractivity contribution in [3.8, 4) is 6.07 Å². The van der Waals surface area contributed by atoms with Crippen molar-refractivity contribution in [2.24, 2.45) is 0 Å². The van der Waals surface area contributed by atoms with E-state index in [-0.39, 0.29) is 11.7 Å². The average Bonchev–Trinajstić information content (AvgIpc) is 2.64. The van der Waals surface area contributed by atoms with E-state index in [9.17, 15) is 10.1 Å². The summed E-state index contributed by atoms with van der Waals surface area (Å²) in [5.41, 5.74) is 4.25. The lowest BCUT2D eigenvalue weighted by Gasteiger charge is -2.09. The van der Waals surface area contributed by atoms with E-state index >= 15 is 0 Å². The lowest BCUT2D eigenvalue weighted by molar-refractivity contribution is -0.113. The SMILES string of the molecule is Cc1ccc2cc(C#N)c(SCC(=O)Nc3ccc(Cl)cc3)nc2c1C. The van der Waals surface area contributed by atoms with Gasteiger partial charge in [0.15, 0.2) is 0 Å². The Morgan fingerprint density at radius 3 is 2.65 bits per heavy atom. The summed E-state index contributed by atoms with van der Waals surface area (Å²) in [7, 11) is 0. The second kappa shape index (κ2) is 7.77. The molecule has 0 aliphatic heterocycles. The van der Waals surface area contributed by atoms with Crippen LogP contribution in [0.25, 0.3) is 10.9 Å². The van der Waals surface area contributed by atoms with Crippen molar-refractivity contribution in [2.75, 3.05) is 11.1 Å². The minimum Gasteiger partial charge on any atom is -0.325 e. The number of halogens is 1. The van der Waals surface area contributed by atoms with Crippen LogP contribution in [-0.4, -0.2) is 16.6 Å². The fraction of sp³-hybridized carbons (Fsp3) is 0.150. The number of benzene rings is 2. The van der Waals surface area contributed by atoms with Gasteiger partial charge < -0.3 is 5.32 Å². The lowest BCUT2D eigenvalue weighted by atomic mass is 10.0. The molecule has 0 fully saturated rings. The molecule has 2 aromatic carbocycles.